The largest absolute Gasteiger partial charge is 0.481 e. The van der Waals surface area contributed by atoms with Gasteiger partial charge in [-0.1, -0.05) is 0 Å². The Morgan fingerprint density at radius 3 is 2.87 bits per heavy atom. The number of piperidine rings is 1. The summed E-state index contributed by atoms with van der Waals surface area (Å²) in [6.45, 7) is 1.46. The molecule has 14 heteroatoms. The van der Waals surface area contributed by atoms with E-state index in [9.17, 15) is 19.1 Å². The van der Waals surface area contributed by atoms with E-state index in [4.69, 9.17) is 4.74 Å². The first kappa shape index (κ1) is 29.8. The van der Waals surface area contributed by atoms with Crippen LogP contribution in [0.4, 0.5) is 10.2 Å². The van der Waals surface area contributed by atoms with Gasteiger partial charge in [-0.2, -0.15) is 0 Å². The van der Waals surface area contributed by atoms with Gasteiger partial charge in [-0.15, -0.1) is 36.6 Å². The number of likely N-dealkylation sites (tertiary alicyclic amines) is 1. The molecular weight excluding hydrogens is 558 g/mol. The Morgan fingerprint density at radius 1 is 1.29 bits per heavy atom. The zero-order valence-corrected chi connectivity index (χ0v) is 22.8. The molecule has 0 spiro atoms. The Kier molecular flexibility index (Phi) is 10.1. The number of nitrogens with one attached hydrogen (secondary N) is 2. The molecular formula is C24H27Cl2FN6O4S. The first-order valence-corrected chi connectivity index (χ1v) is 12.5. The number of fused-ring (bicyclic) bond motifs is 2. The van der Waals surface area contributed by atoms with E-state index >= 15 is 0 Å². The second-order valence-corrected chi connectivity index (χ2v) is 9.69. The highest BCUT2D eigenvalue weighted by atomic mass is 35.5. The molecule has 0 saturated carbocycles. The summed E-state index contributed by atoms with van der Waals surface area (Å²) in [5.74, 6) is 0.0816. The average Bonchev–Trinajstić information content (AvgIpc) is 2.88. The molecule has 2 unspecified atom stereocenters. The highest BCUT2D eigenvalue weighted by Gasteiger charge is 2.30. The highest BCUT2D eigenvalue weighted by Crippen LogP contribution is 2.29. The highest BCUT2D eigenvalue weighted by molar-refractivity contribution is 8.00. The predicted octanol–water partition coefficient (Wildman–Crippen LogP) is 2.47. The number of hydrogen-bond donors (Lipinski definition) is 3. The standard InChI is InChI=1S/C24H25FN6O4S.2ClH/c1-35-21-5-3-16-22(30-21)13(14(25)10-26-16)6-8-31-9-7-15(18(32)11-31)28-24(34)17-2-4-19-23(27-17)29-20(33)12-36-19;;/h2-5,10,15,18,32H,6-9,11-12H2,1H3,(H,28,34)(H,27,29,33);2*1H. The average molecular weight is 585 g/mol. The number of anilines is 1. The van der Waals surface area contributed by atoms with Crippen LogP contribution < -0.4 is 15.4 Å². The van der Waals surface area contributed by atoms with Crippen LogP contribution in [0.25, 0.3) is 11.0 Å². The fourth-order valence-electron chi connectivity index (χ4n) is 4.40. The summed E-state index contributed by atoms with van der Waals surface area (Å²) in [5.41, 5.74) is 1.67. The Balaban J connectivity index is 0.00000200. The third-order valence-electron chi connectivity index (χ3n) is 6.32. The Bertz CT molecular complexity index is 1340. The Morgan fingerprint density at radius 2 is 2.11 bits per heavy atom. The van der Waals surface area contributed by atoms with Crippen LogP contribution in [0.2, 0.25) is 0 Å². The first-order chi connectivity index (χ1) is 17.4. The van der Waals surface area contributed by atoms with Gasteiger partial charge in [-0.25, -0.2) is 14.4 Å². The van der Waals surface area contributed by atoms with Crippen LogP contribution in [0.3, 0.4) is 0 Å². The lowest BCUT2D eigenvalue weighted by molar-refractivity contribution is -0.113. The van der Waals surface area contributed by atoms with E-state index in [1.807, 2.05) is 4.90 Å². The number of amides is 2. The molecule has 0 aromatic carbocycles. The fourth-order valence-corrected chi connectivity index (χ4v) is 5.16. The number of aliphatic hydroxyl groups excluding tert-OH is 1. The normalized spacial score (nSPS) is 19.0. The van der Waals surface area contributed by atoms with Gasteiger partial charge in [-0.05, 0) is 31.0 Å². The van der Waals surface area contributed by atoms with Gasteiger partial charge in [0.1, 0.15) is 17.3 Å². The molecule has 10 nitrogen and oxygen atoms in total. The van der Waals surface area contributed by atoms with Gasteiger partial charge >= 0.3 is 0 Å². The van der Waals surface area contributed by atoms with Crippen molar-refractivity contribution in [3.8, 4) is 5.88 Å². The molecule has 2 aliphatic rings. The lowest BCUT2D eigenvalue weighted by Gasteiger charge is -2.36. The second kappa shape index (κ2) is 12.9. The van der Waals surface area contributed by atoms with Crippen LogP contribution >= 0.6 is 36.6 Å². The molecule has 204 valence electrons. The quantitative estimate of drug-likeness (QED) is 0.400. The SMILES string of the molecule is COc1ccc2ncc(F)c(CCN3CCC(NC(=O)c4ccc5c(n4)NC(=O)CS5)C(O)C3)c2n1.Cl.Cl. The van der Waals surface area contributed by atoms with Crippen molar-refractivity contribution in [3.63, 3.8) is 0 Å². The first-order valence-electron chi connectivity index (χ1n) is 11.5. The van der Waals surface area contributed by atoms with E-state index in [-0.39, 0.29) is 36.4 Å². The number of aliphatic hydroxyl groups is 1. The monoisotopic (exact) mass is 584 g/mol. The molecule has 3 aromatic heterocycles. The number of carbonyl (C=O) groups excluding carboxylic acids is 2. The summed E-state index contributed by atoms with van der Waals surface area (Å²) in [6, 6.07) is 6.34. The maximum absolute atomic E-state index is 14.6. The number of thioether (sulfide) groups is 1. The van der Waals surface area contributed by atoms with Crippen LogP contribution in [-0.2, 0) is 11.2 Å². The third-order valence-corrected chi connectivity index (χ3v) is 7.36. The number of ether oxygens (including phenoxy) is 1. The number of pyridine rings is 3. The smallest absolute Gasteiger partial charge is 0.270 e. The van der Waals surface area contributed by atoms with Crippen molar-refractivity contribution in [1.29, 1.82) is 0 Å². The molecule has 0 aliphatic carbocycles. The van der Waals surface area contributed by atoms with Crippen LogP contribution in [0.1, 0.15) is 22.5 Å². The molecule has 2 atom stereocenters. The lowest BCUT2D eigenvalue weighted by Crippen LogP contribution is -2.54. The maximum Gasteiger partial charge on any atom is 0.270 e. The Hall–Kier alpha value is -2.77. The summed E-state index contributed by atoms with van der Waals surface area (Å²) >= 11 is 1.37. The van der Waals surface area contributed by atoms with Gasteiger partial charge < -0.3 is 25.4 Å². The van der Waals surface area contributed by atoms with Gasteiger partial charge in [0.2, 0.25) is 11.8 Å². The minimum atomic E-state index is -0.798. The molecule has 5 rings (SSSR count). The minimum Gasteiger partial charge on any atom is -0.481 e. The summed E-state index contributed by atoms with van der Waals surface area (Å²) in [5, 5.41) is 16.2. The topological polar surface area (TPSA) is 130 Å². The fraction of sp³-hybridized carbons (Fsp3) is 0.375. The Labute approximate surface area is 235 Å². The van der Waals surface area contributed by atoms with E-state index in [0.29, 0.717) is 66.5 Å². The number of carbonyl (C=O) groups is 2. The van der Waals surface area contributed by atoms with Crippen LogP contribution in [0, 0.1) is 5.82 Å². The number of rotatable bonds is 6. The third kappa shape index (κ3) is 6.44. The molecule has 38 heavy (non-hydrogen) atoms. The van der Waals surface area contributed by atoms with E-state index in [0.717, 1.165) is 4.90 Å². The van der Waals surface area contributed by atoms with Crippen LogP contribution in [-0.4, -0.2) is 81.4 Å². The van der Waals surface area contributed by atoms with Crippen molar-refractivity contribution in [3.05, 3.63) is 47.5 Å². The second-order valence-electron chi connectivity index (χ2n) is 8.67. The van der Waals surface area contributed by atoms with E-state index in [1.54, 1.807) is 24.3 Å². The number of nitrogens with zero attached hydrogens (tertiary/aromatic N) is 4. The molecule has 0 bridgehead atoms. The molecule has 3 N–H and O–H groups in total. The van der Waals surface area contributed by atoms with Crippen molar-refractivity contribution in [2.75, 3.05) is 37.8 Å². The molecule has 1 saturated heterocycles. The van der Waals surface area contributed by atoms with E-state index < -0.39 is 23.9 Å². The van der Waals surface area contributed by atoms with Gasteiger partial charge in [0.25, 0.3) is 5.91 Å². The van der Waals surface area contributed by atoms with Crippen molar-refractivity contribution < 1.29 is 23.8 Å². The number of methoxy groups -OCH3 is 1. The summed E-state index contributed by atoms with van der Waals surface area (Å²) in [6.07, 6.45) is 1.31. The molecule has 3 aromatic rings. The predicted molar refractivity (Wildman–Crippen MR) is 146 cm³/mol. The number of aromatic nitrogens is 3. The molecule has 0 radical (unpaired) electrons. The molecule has 5 heterocycles. The van der Waals surface area contributed by atoms with Crippen molar-refractivity contribution in [1.82, 2.24) is 25.2 Å². The number of halogens is 3. The summed E-state index contributed by atoms with van der Waals surface area (Å²) in [4.78, 5) is 39.9. The van der Waals surface area contributed by atoms with Crippen LogP contribution in [0.15, 0.2) is 35.4 Å². The summed E-state index contributed by atoms with van der Waals surface area (Å²) in [7, 11) is 1.50. The molecule has 2 amide bonds. The number of hydrogen-bond acceptors (Lipinski definition) is 9. The van der Waals surface area contributed by atoms with Crippen molar-refractivity contribution >= 4 is 65.2 Å². The zero-order valence-electron chi connectivity index (χ0n) is 20.3. The zero-order chi connectivity index (χ0) is 25.2. The van der Waals surface area contributed by atoms with E-state index in [1.165, 1.54) is 25.1 Å². The lowest BCUT2D eigenvalue weighted by atomic mass is 10.0. The minimum absolute atomic E-state index is 0. The van der Waals surface area contributed by atoms with Crippen molar-refractivity contribution in [2.24, 2.45) is 0 Å². The van der Waals surface area contributed by atoms with Crippen molar-refractivity contribution in [2.45, 2.75) is 29.9 Å². The number of β-amino-alcohol motifs (C(OH)–C–C–N with tert-alkyl or cyclic N) is 1. The molecule has 2 aliphatic heterocycles. The van der Waals surface area contributed by atoms with Gasteiger partial charge in [-0.3, -0.25) is 14.6 Å². The summed E-state index contributed by atoms with van der Waals surface area (Å²) < 4.78 is 19.8. The maximum atomic E-state index is 14.6. The van der Waals surface area contributed by atoms with E-state index in [2.05, 4.69) is 25.6 Å². The van der Waals surface area contributed by atoms with Gasteiger partial charge in [0, 0.05) is 31.3 Å². The van der Waals surface area contributed by atoms with Gasteiger partial charge in [0.05, 0.1) is 47.1 Å². The molecule has 1 fully saturated rings. The van der Waals surface area contributed by atoms with Crippen LogP contribution in [0.5, 0.6) is 5.88 Å². The van der Waals surface area contributed by atoms with Gasteiger partial charge in [0.15, 0.2) is 0 Å².